The predicted octanol–water partition coefficient (Wildman–Crippen LogP) is 7.36. The van der Waals surface area contributed by atoms with Gasteiger partial charge in [-0.1, -0.05) is 65.9 Å². The molecular formula is C25H17N3OS. The van der Waals surface area contributed by atoms with Gasteiger partial charge in [-0.3, -0.25) is 10.4 Å². The van der Waals surface area contributed by atoms with E-state index in [9.17, 15) is 0 Å². The van der Waals surface area contributed by atoms with Gasteiger partial charge >= 0.3 is 0 Å². The molecule has 5 heteroatoms. The largest absolute Gasteiger partial charge is 0.456 e. The van der Waals surface area contributed by atoms with Crippen molar-refractivity contribution in [2.45, 2.75) is 0 Å². The van der Waals surface area contributed by atoms with Crippen LogP contribution in [0, 0.1) is 0 Å². The van der Waals surface area contributed by atoms with Crippen LogP contribution in [0.1, 0.15) is 1.37 Å². The molecule has 1 N–H and O–H groups in total. The first-order valence-electron chi connectivity index (χ1n) is 10.2. The summed E-state index contributed by atoms with van der Waals surface area (Å²) >= 11 is 1.58. The first kappa shape index (κ1) is 16.0. The molecule has 0 aliphatic heterocycles. The number of nitrogens with one attached hydrogen (secondary N) is 1. The summed E-state index contributed by atoms with van der Waals surface area (Å²) in [6.45, 7) is 0. The van der Waals surface area contributed by atoms with E-state index in [1.807, 2.05) is 83.9 Å². The van der Waals surface area contributed by atoms with Crippen LogP contribution in [0.25, 0.3) is 32.2 Å². The Kier molecular flexibility index (Phi) is 3.68. The number of anilines is 3. The highest BCUT2D eigenvalue weighted by molar-refractivity contribution is 7.22. The molecule has 0 saturated heterocycles. The van der Waals surface area contributed by atoms with Crippen LogP contribution in [-0.2, 0) is 0 Å². The number of furan rings is 1. The van der Waals surface area contributed by atoms with Gasteiger partial charge in [0.1, 0.15) is 11.2 Å². The number of hydrogen-bond acceptors (Lipinski definition) is 5. The number of fused-ring (bicyclic) bond motifs is 4. The lowest BCUT2D eigenvalue weighted by molar-refractivity contribution is 0.669. The van der Waals surface area contributed by atoms with Gasteiger partial charge in [-0.05, 0) is 42.4 Å². The summed E-state index contributed by atoms with van der Waals surface area (Å²) in [5.74, 6) is 0. The summed E-state index contributed by atoms with van der Waals surface area (Å²) in [5, 5.41) is 4.58. The van der Waals surface area contributed by atoms with Gasteiger partial charge in [-0.25, -0.2) is 4.98 Å². The minimum absolute atomic E-state index is 0.400. The van der Waals surface area contributed by atoms with E-state index < -0.39 is 0 Å². The van der Waals surface area contributed by atoms with Crippen LogP contribution in [0.3, 0.4) is 0 Å². The van der Waals surface area contributed by atoms with E-state index in [1.165, 1.54) is 0 Å². The number of thiazole rings is 1. The molecule has 0 radical (unpaired) electrons. The van der Waals surface area contributed by atoms with Crippen molar-refractivity contribution >= 4 is 60.0 Å². The Bertz CT molecular complexity index is 1510. The van der Waals surface area contributed by atoms with E-state index in [-0.39, 0.29) is 0 Å². The van der Waals surface area contributed by atoms with Crippen LogP contribution in [0.4, 0.5) is 16.5 Å². The van der Waals surface area contributed by atoms with Gasteiger partial charge in [0.05, 0.1) is 28.3 Å². The minimum Gasteiger partial charge on any atom is -0.456 e. The van der Waals surface area contributed by atoms with Crippen LogP contribution in [-0.4, -0.2) is 4.98 Å². The van der Waals surface area contributed by atoms with Crippen molar-refractivity contribution in [1.29, 1.82) is 0 Å². The van der Waals surface area contributed by atoms with Gasteiger partial charge in [0.15, 0.2) is 0 Å². The fourth-order valence-electron chi connectivity index (χ4n) is 3.71. The summed E-state index contributed by atoms with van der Waals surface area (Å²) in [4.78, 5) is 4.74. The second-order valence-corrected chi connectivity index (χ2v) is 7.96. The molecule has 0 spiro atoms. The quantitative estimate of drug-likeness (QED) is 0.309. The molecule has 0 amide bonds. The molecule has 0 unspecified atom stereocenters. The Morgan fingerprint density at radius 3 is 2.50 bits per heavy atom. The molecule has 4 nitrogen and oxygen atoms in total. The first-order chi connectivity index (χ1) is 15.3. The average Bonchev–Trinajstić information content (AvgIpc) is 3.39. The van der Waals surface area contributed by atoms with Crippen molar-refractivity contribution in [2.24, 2.45) is 0 Å². The maximum absolute atomic E-state index is 8.78. The van der Waals surface area contributed by atoms with Crippen LogP contribution in [0.5, 0.6) is 0 Å². The number of nitrogens with zero attached hydrogens (tertiary/aromatic N) is 2. The van der Waals surface area contributed by atoms with E-state index >= 15 is 0 Å². The standard InChI is InChI=1S/C25H17N3OS/c1-2-9-17(10-3-1)28(27-25-26-19-12-5-7-16-23(19)30-25)20-13-8-15-22-24(20)18-11-4-6-14-21(18)29-22/h1-16H,(H,26,27)/i13T. The lowest BCUT2D eigenvalue weighted by Crippen LogP contribution is -2.24. The number of benzene rings is 4. The lowest BCUT2D eigenvalue weighted by Gasteiger charge is -2.25. The van der Waals surface area contributed by atoms with Crippen molar-refractivity contribution in [3.63, 3.8) is 0 Å². The summed E-state index contributed by atoms with van der Waals surface area (Å²) in [5.41, 5.74) is 7.61. The van der Waals surface area contributed by atoms with E-state index in [0.29, 0.717) is 6.04 Å². The van der Waals surface area contributed by atoms with Gasteiger partial charge < -0.3 is 4.42 Å². The molecule has 4 aromatic carbocycles. The number of aromatic nitrogens is 1. The Morgan fingerprint density at radius 1 is 0.833 bits per heavy atom. The third-order valence-corrected chi connectivity index (χ3v) is 5.99. The molecular weight excluding hydrogens is 390 g/mol. The van der Waals surface area contributed by atoms with Gasteiger partial charge in [0.2, 0.25) is 5.13 Å². The molecule has 0 atom stereocenters. The fraction of sp³-hybridized carbons (Fsp3) is 0. The second-order valence-electron chi connectivity index (χ2n) is 6.93. The van der Waals surface area contributed by atoms with E-state index in [0.717, 1.165) is 48.7 Å². The van der Waals surface area contributed by atoms with Crippen molar-refractivity contribution < 1.29 is 5.79 Å². The van der Waals surface area contributed by atoms with E-state index in [2.05, 4.69) is 11.5 Å². The summed E-state index contributed by atoms with van der Waals surface area (Å²) in [6.07, 6.45) is 0. The summed E-state index contributed by atoms with van der Waals surface area (Å²) in [6, 6.07) is 30.0. The van der Waals surface area contributed by atoms with Gasteiger partial charge in [0, 0.05) is 5.39 Å². The molecule has 2 heterocycles. The van der Waals surface area contributed by atoms with Crippen molar-refractivity contribution in [3.8, 4) is 0 Å². The monoisotopic (exact) mass is 409 g/mol. The Balaban J connectivity index is 1.60. The van der Waals surface area contributed by atoms with Gasteiger partial charge in [-0.2, -0.15) is 0 Å². The Morgan fingerprint density at radius 2 is 1.60 bits per heavy atom. The molecule has 0 aliphatic rings. The Hall–Kier alpha value is -3.83. The minimum atomic E-state index is 0.400. The maximum atomic E-state index is 8.78. The Labute approximate surface area is 178 Å². The molecule has 0 saturated carbocycles. The molecule has 0 fully saturated rings. The third kappa shape index (κ3) is 2.79. The molecule has 0 aliphatic carbocycles. The molecule has 30 heavy (non-hydrogen) atoms. The molecule has 6 aromatic rings. The first-order valence-corrected chi connectivity index (χ1v) is 10.5. The fourth-order valence-corrected chi connectivity index (χ4v) is 4.57. The highest BCUT2D eigenvalue weighted by atomic mass is 32.1. The zero-order valence-electron chi connectivity index (χ0n) is 16.9. The number of hydrogen-bond donors (Lipinski definition) is 1. The maximum Gasteiger partial charge on any atom is 0.203 e. The van der Waals surface area contributed by atoms with Crippen LogP contribution < -0.4 is 10.4 Å². The van der Waals surface area contributed by atoms with E-state index in [1.54, 1.807) is 17.4 Å². The normalized spacial score (nSPS) is 11.8. The van der Waals surface area contributed by atoms with Gasteiger partial charge in [0.25, 0.3) is 0 Å². The number of para-hydroxylation sites is 3. The number of rotatable bonds is 4. The van der Waals surface area contributed by atoms with Gasteiger partial charge in [-0.15, -0.1) is 0 Å². The van der Waals surface area contributed by atoms with Crippen LogP contribution in [0.15, 0.2) is 101 Å². The zero-order chi connectivity index (χ0) is 20.8. The second kappa shape index (κ2) is 6.90. The topological polar surface area (TPSA) is 41.3 Å². The number of hydrazine groups is 1. The van der Waals surface area contributed by atoms with Crippen LogP contribution in [0.2, 0.25) is 0 Å². The third-order valence-electron chi connectivity index (χ3n) is 5.05. The molecule has 2 aromatic heterocycles. The van der Waals surface area contributed by atoms with Crippen molar-refractivity contribution in [2.75, 3.05) is 10.4 Å². The average molecular weight is 410 g/mol. The SMILES string of the molecule is [3H]c1ccc2oc3ccccc3c2c1N(Nc1nc2ccccc2s1)c1ccccc1. The summed E-state index contributed by atoms with van der Waals surface area (Å²) in [7, 11) is 0. The van der Waals surface area contributed by atoms with Crippen LogP contribution >= 0.6 is 11.3 Å². The zero-order valence-corrected chi connectivity index (χ0v) is 16.7. The molecule has 144 valence electrons. The van der Waals surface area contributed by atoms with Crippen molar-refractivity contribution in [1.82, 2.24) is 4.98 Å². The van der Waals surface area contributed by atoms with E-state index in [4.69, 9.17) is 10.8 Å². The lowest BCUT2D eigenvalue weighted by atomic mass is 10.1. The van der Waals surface area contributed by atoms with Crippen molar-refractivity contribution in [3.05, 3.63) is 97.0 Å². The highest BCUT2D eigenvalue weighted by Gasteiger charge is 2.18. The molecule has 0 bridgehead atoms. The smallest absolute Gasteiger partial charge is 0.203 e. The highest BCUT2D eigenvalue weighted by Crippen LogP contribution is 2.39. The summed E-state index contributed by atoms with van der Waals surface area (Å²) < 4.78 is 16.0. The molecule has 6 rings (SSSR count). The predicted molar refractivity (Wildman–Crippen MR) is 126 cm³/mol.